The molecule has 4 nitrogen and oxygen atoms in total. The molecule has 0 radical (unpaired) electrons. The van der Waals surface area contributed by atoms with Crippen LogP contribution in [0.4, 0.5) is 45.5 Å². The summed E-state index contributed by atoms with van der Waals surface area (Å²) in [7, 11) is 0. The number of rotatable bonds is 6. The third kappa shape index (κ3) is 9.47. The van der Waals surface area contributed by atoms with Crippen LogP contribution in [0, 0.1) is 6.92 Å². The Kier molecular flexibility index (Phi) is 13.2. The molecule has 4 heteroatoms. The molecule has 470 valence electrons. The van der Waals surface area contributed by atoms with E-state index in [4.69, 9.17) is 4.42 Å². The van der Waals surface area contributed by atoms with Crippen molar-refractivity contribution in [1.29, 1.82) is 0 Å². The number of aryl methyl sites for hydroxylation is 1. The van der Waals surface area contributed by atoms with E-state index in [1.807, 2.05) is 0 Å². The molecule has 1 unspecified atom stereocenters. The van der Waals surface area contributed by atoms with Gasteiger partial charge in [-0.2, -0.15) is 0 Å². The van der Waals surface area contributed by atoms with Crippen molar-refractivity contribution in [2.75, 3.05) is 14.7 Å². The first-order valence-electron chi connectivity index (χ1n) is 34.6. The maximum Gasteiger partial charge on any atom is 0.135 e. The summed E-state index contributed by atoms with van der Waals surface area (Å²) < 4.78 is 7.41. The number of fused-ring (bicyclic) bond motifs is 10. The molecule has 1 aromatic heterocycles. The molecule has 9 aromatic carbocycles. The maximum atomic E-state index is 7.41. The van der Waals surface area contributed by atoms with Crippen molar-refractivity contribution in [3.05, 3.63) is 225 Å². The molecule has 1 atom stereocenters. The Hall–Kier alpha value is -7.82. The zero-order chi connectivity index (χ0) is 64.9. The van der Waals surface area contributed by atoms with Crippen molar-refractivity contribution < 1.29 is 4.42 Å². The molecule has 0 N–H and O–H groups in total. The van der Waals surface area contributed by atoms with Gasteiger partial charge in [-0.3, -0.25) is 0 Å². The van der Waals surface area contributed by atoms with Gasteiger partial charge in [0.25, 0.3) is 0 Å². The van der Waals surface area contributed by atoms with Crippen LogP contribution in [-0.2, 0) is 43.3 Å². The summed E-state index contributed by atoms with van der Waals surface area (Å²) in [5, 5.41) is 2.37. The molecule has 0 bridgehead atoms. The maximum absolute atomic E-state index is 7.41. The van der Waals surface area contributed by atoms with E-state index >= 15 is 0 Å². The molecule has 15 rings (SSSR count). The van der Waals surface area contributed by atoms with Crippen LogP contribution in [0.1, 0.15) is 230 Å². The molecule has 10 aromatic rings. The third-order valence-corrected chi connectivity index (χ3v) is 23.5. The summed E-state index contributed by atoms with van der Waals surface area (Å²) in [6, 6.07) is 64.9. The summed E-state index contributed by atoms with van der Waals surface area (Å²) in [4.78, 5) is 7.97. The van der Waals surface area contributed by atoms with Gasteiger partial charge in [0.05, 0.1) is 23.1 Å². The largest absolute Gasteiger partial charge is 0.456 e. The topological polar surface area (TPSA) is 22.9 Å². The van der Waals surface area contributed by atoms with Crippen LogP contribution in [0.5, 0.6) is 0 Å². The van der Waals surface area contributed by atoms with E-state index in [0.29, 0.717) is 0 Å². The Labute approximate surface area is 550 Å². The first kappa shape index (κ1) is 60.4. The highest BCUT2D eigenvalue weighted by molar-refractivity contribution is 6.10. The zero-order valence-electron chi connectivity index (χ0n) is 58.7. The van der Waals surface area contributed by atoms with Crippen LogP contribution in [0.15, 0.2) is 168 Å². The Balaban J connectivity index is 1.07. The number of benzene rings is 9. The minimum Gasteiger partial charge on any atom is -0.456 e. The summed E-state index contributed by atoms with van der Waals surface area (Å²) in [5.74, 6) is 0. The highest BCUT2D eigenvalue weighted by Gasteiger charge is 2.47. The lowest BCUT2D eigenvalue weighted by Gasteiger charge is -2.49. The third-order valence-electron chi connectivity index (χ3n) is 23.5. The van der Waals surface area contributed by atoms with E-state index in [1.165, 1.54) is 123 Å². The van der Waals surface area contributed by atoms with Crippen molar-refractivity contribution in [3.8, 4) is 22.3 Å². The monoisotopic (exact) mass is 1210 g/mol. The smallest absolute Gasteiger partial charge is 0.135 e. The minimum absolute atomic E-state index is 0.00896. The van der Waals surface area contributed by atoms with Gasteiger partial charge < -0.3 is 19.1 Å². The Bertz CT molecular complexity index is 4600. The first-order chi connectivity index (χ1) is 43.2. The van der Waals surface area contributed by atoms with Gasteiger partial charge >= 0.3 is 0 Å². The van der Waals surface area contributed by atoms with Crippen LogP contribution >= 0.6 is 0 Å². The van der Waals surface area contributed by atoms with Crippen molar-refractivity contribution in [3.63, 3.8) is 0 Å². The lowest BCUT2D eigenvalue weighted by Crippen LogP contribution is -2.37. The van der Waals surface area contributed by atoms with E-state index < -0.39 is 0 Å². The molecular weight excluding hydrogens is 1110 g/mol. The Morgan fingerprint density at radius 1 is 0.391 bits per heavy atom. The van der Waals surface area contributed by atoms with Gasteiger partial charge in [0.2, 0.25) is 0 Å². The van der Waals surface area contributed by atoms with E-state index in [1.54, 1.807) is 0 Å². The van der Waals surface area contributed by atoms with Gasteiger partial charge in [0, 0.05) is 55.9 Å². The fourth-order valence-electron chi connectivity index (χ4n) is 17.1. The summed E-state index contributed by atoms with van der Waals surface area (Å²) in [5.41, 5.74) is 31.5. The lowest BCUT2D eigenvalue weighted by molar-refractivity contribution is 0.332. The van der Waals surface area contributed by atoms with Crippen molar-refractivity contribution in [1.82, 2.24) is 0 Å². The second kappa shape index (κ2) is 20.1. The predicted octanol–water partition coefficient (Wildman–Crippen LogP) is 25.4. The second-order valence-corrected chi connectivity index (χ2v) is 34.7. The number of hydrogen-bond donors (Lipinski definition) is 0. The Morgan fingerprint density at radius 3 is 1.45 bits per heavy atom. The van der Waals surface area contributed by atoms with E-state index in [9.17, 15) is 0 Å². The zero-order valence-corrected chi connectivity index (χ0v) is 58.7. The van der Waals surface area contributed by atoms with E-state index in [2.05, 4.69) is 310 Å². The molecule has 5 aliphatic rings. The van der Waals surface area contributed by atoms with Crippen molar-refractivity contribution in [2.24, 2.45) is 0 Å². The fourth-order valence-corrected chi connectivity index (χ4v) is 17.1. The number of furan rings is 1. The summed E-state index contributed by atoms with van der Waals surface area (Å²) in [6.07, 6.45) is 6.87. The highest BCUT2D eigenvalue weighted by Crippen LogP contribution is 2.64. The van der Waals surface area contributed by atoms with Crippen molar-refractivity contribution in [2.45, 2.75) is 219 Å². The lowest BCUT2D eigenvalue weighted by atomic mass is 9.62. The van der Waals surface area contributed by atoms with Crippen LogP contribution in [0.2, 0.25) is 0 Å². The number of hydrogen-bond acceptors (Lipinski definition) is 4. The van der Waals surface area contributed by atoms with Crippen LogP contribution in [0.25, 0.3) is 44.2 Å². The number of anilines is 8. The fraction of sp³-hybridized carbons (Fsp3) is 0.386. The summed E-state index contributed by atoms with van der Waals surface area (Å²) in [6.45, 7) is 45.8. The van der Waals surface area contributed by atoms with Gasteiger partial charge in [0.1, 0.15) is 11.2 Å². The van der Waals surface area contributed by atoms with E-state index in [-0.39, 0.29) is 49.4 Å². The average molecular weight is 1210 g/mol. The van der Waals surface area contributed by atoms with E-state index in [0.717, 1.165) is 66.8 Å². The first-order valence-corrected chi connectivity index (χ1v) is 34.6. The van der Waals surface area contributed by atoms with Gasteiger partial charge in [-0.15, -0.1) is 0 Å². The SMILES string of the molecule is Cc1cc2c(cc1N1c3cc4c(cc3C3c5c(cc(-c6ccccc6)cc51)-c1cc(N(c5ccc(C(C)(C)C)cc5)c5ccc(C(C)(C)C)cc5)ccc1N3c1ccc3c(c1)C(C)(C)CCC3(C)C)oc1cc3c(cc14)C(C)(C)CCC3(C)C)C(C)(C)CCC2(C)C. The molecule has 3 heterocycles. The quantitative estimate of drug-likeness (QED) is 0.165. The molecule has 0 spiro atoms. The van der Waals surface area contributed by atoms with Gasteiger partial charge in [-0.25, -0.2) is 0 Å². The molecular formula is C88H97N3O. The van der Waals surface area contributed by atoms with Crippen LogP contribution in [0.3, 0.4) is 0 Å². The standard InChI is InChI=1S/C88H97N3O/c1-53-43-68-71(87(16,17)41-39-84(68,10)11)51-74(53)91-75-49-64-63-48-70-72(88(18,19)42-40-86(70,14)15)52-78(63)92-77(64)50-66(75)80-79-65(44-55(45-76(79)91)54-23-21-20-22-24-54)62-46-60(34-36-73(62)90(80)61-33-35-67-69(47-61)85(12,13)38-37-83(67,8)9)89(58-29-25-56(26-30-58)81(2,3)4)59-31-27-57(28-32-59)82(5,6)7/h20-36,43-52,80H,37-42H2,1-19H3. The van der Waals surface area contributed by atoms with Gasteiger partial charge in [0.15, 0.2) is 0 Å². The van der Waals surface area contributed by atoms with Gasteiger partial charge in [-0.1, -0.05) is 191 Å². The Morgan fingerprint density at radius 2 is 0.880 bits per heavy atom. The minimum atomic E-state index is -0.241. The van der Waals surface area contributed by atoms with Crippen LogP contribution < -0.4 is 14.7 Å². The molecule has 92 heavy (non-hydrogen) atoms. The molecule has 3 aliphatic carbocycles. The van der Waals surface area contributed by atoms with Crippen LogP contribution in [-0.4, -0.2) is 0 Å². The second-order valence-electron chi connectivity index (χ2n) is 34.7. The highest BCUT2D eigenvalue weighted by atomic mass is 16.3. The molecule has 0 fully saturated rings. The predicted molar refractivity (Wildman–Crippen MR) is 392 cm³/mol. The number of nitrogens with zero attached hydrogens (tertiary/aromatic N) is 3. The molecule has 0 saturated heterocycles. The summed E-state index contributed by atoms with van der Waals surface area (Å²) >= 11 is 0. The molecule has 2 aliphatic heterocycles. The molecule has 0 amide bonds. The normalized spacial score (nSPS) is 19.4. The average Bonchev–Trinajstić information content (AvgIpc) is 0.958. The molecule has 0 saturated carbocycles. The van der Waals surface area contributed by atoms with Gasteiger partial charge in [-0.05, 0) is 253 Å². The van der Waals surface area contributed by atoms with Crippen molar-refractivity contribution >= 4 is 67.4 Å².